The first kappa shape index (κ1) is 14.5. The van der Waals surface area contributed by atoms with Crippen molar-refractivity contribution >= 4 is 23.2 Å². The average molecular weight is 234 g/mol. The number of rotatable bonds is 2. The predicted molar refractivity (Wildman–Crippen MR) is 53.8 cm³/mol. The summed E-state index contributed by atoms with van der Waals surface area (Å²) in [5.41, 5.74) is 0.608. The summed E-state index contributed by atoms with van der Waals surface area (Å²) in [6, 6.07) is 6.64. The first-order valence-electron chi connectivity index (χ1n) is 4.00. The van der Waals surface area contributed by atoms with Crippen LogP contribution in [-0.2, 0) is 4.79 Å². The molecule has 0 aliphatic rings. The molecule has 5 heteroatoms. The summed E-state index contributed by atoms with van der Waals surface area (Å²) in [5, 5.41) is 13.7. The summed E-state index contributed by atoms with van der Waals surface area (Å²) in [6.07, 6.45) is 0.995. The van der Waals surface area contributed by atoms with Crippen molar-refractivity contribution in [2.75, 3.05) is 5.32 Å². The summed E-state index contributed by atoms with van der Waals surface area (Å²) >= 11 is 5.66. The Balaban J connectivity index is 0.00000196. The number of anilines is 1. The van der Waals surface area contributed by atoms with Gasteiger partial charge in [-0.25, -0.2) is 0 Å². The van der Waals surface area contributed by atoms with Crippen molar-refractivity contribution in [1.29, 1.82) is 0 Å². The summed E-state index contributed by atoms with van der Waals surface area (Å²) in [6.45, 7) is 1.32. The fourth-order valence-corrected chi connectivity index (χ4v) is 1.02. The van der Waals surface area contributed by atoms with E-state index in [0.29, 0.717) is 10.7 Å². The molecule has 1 aromatic rings. The number of carbonyl (C=O) groups excluding carboxylic acids is 1. The van der Waals surface area contributed by atoms with Gasteiger partial charge in [0.1, 0.15) is 0 Å². The minimum atomic E-state index is -0.431. The number of nitrogens with one attached hydrogen (secondary N) is 1. The number of benzene rings is 1. The second-order valence-corrected chi connectivity index (χ2v) is 3.19. The van der Waals surface area contributed by atoms with Gasteiger partial charge in [0.05, 0.1) is 0 Å². The van der Waals surface area contributed by atoms with Crippen molar-refractivity contribution in [3.63, 3.8) is 0 Å². The molecule has 1 N–H and O–H groups in total. The van der Waals surface area contributed by atoms with Gasteiger partial charge in [0.25, 0.3) is 0 Å². The molecule has 74 valence electrons. The van der Waals surface area contributed by atoms with E-state index < -0.39 is 5.91 Å². The van der Waals surface area contributed by atoms with Crippen molar-refractivity contribution in [2.24, 2.45) is 0 Å². The minimum absolute atomic E-state index is 0. The summed E-state index contributed by atoms with van der Waals surface area (Å²) < 4.78 is 0. The van der Waals surface area contributed by atoms with Crippen LogP contribution >= 0.6 is 11.6 Å². The molecule has 0 atom stereocenters. The Morgan fingerprint density at radius 2 is 1.93 bits per heavy atom. The molecular weight excluding hydrogens is 225 g/mol. The van der Waals surface area contributed by atoms with Crippen LogP contribution in [0.25, 0.3) is 0 Å². The van der Waals surface area contributed by atoms with Crippen LogP contribution < -0.4 is 40.0 Å². The Labute approximate surface area is 115 Å². The monoisotopic (exact) mass is 233 g/mol. The summed E-state index contributed by atoms with van der Waals surface area (Å²) in [5.74, 6) is -0.712. The van der Waals surface area contributed by atoms with Crippen LogP contribution in [0.4, 0.5) is 5.69 Å². The molecule has 0 aliphatic carbocycles. The van der Waals surface area contributed by atoms with Crippen LogP contribution in [-0.4, -0.2) is 5.91 Å². The van der Waals surface area contributed by atoms with E-state index in [9.17, 15) is 9.90 Å². The van der Waals surface area contributed by atoms with Crippen molar-refractivity contribution < 1.29 is 39.5 Å². The van der Waals surface area contributed by atoms with Crippen molar-refractivity contribution in [3.8, 4) is 0 Å². The molecule has 0 saturated carbocycles. The fraction of sp³-hybridized carbons (Fsp3) is 0.100. The van der Waals surface area contributed by atoms with Gasteiger partial charge in [0.15, 0.2) is 0 Å². The number of hydrogen-bond donors (Lipinski definition) is 1. The van der Waals surface area contributed by atoms with Crippen LogP contribution in [0.1, 0.15) is 6.92 Å². The molecule has 15 heavy (non-hydrogen) atoms. The second kappa shape index (κ2) is 6.90. The first-order chi connectivity index (χ1) is 6.58. The van der Waals surface area contributed by atoms with E-state index in [2.05, 4.69) is 5.32 Å². The Morgan fingerprint density at radius 3 is 2.40 bits per heavy atom. The maximum atomic E-state index is 11.1. The topological polar surface area (TPSA) is 52.2 Å². The van der Waals surface area contributed by atoms with E-state index in [1.54, 1.807) is 24.3 Å². The van der Waals surface area contributed by atoms with Crippen LogP contribution in [0.2, 0.25) is 5.02 Å². The van der Waals surface area contributed by atoms with Crippen molar-refractivity contribution in [2.45, 2.75) is 6.92 Å². The number of amides is 1. The average Bonchev–Trinajstić information content (AvgIpc) is 2.07. The van der Waals surface area contributed by atoms with Gasteiger partial charge in [-0.15, -0.1) is 5.76 Å². The molecule has 1 amide bonds. The molecule has 0 unspecified atom stereocenters. The van der Waals surface area contributed by atoms with E-state index in [1.807, 2.05) is 0 Å². The van der Waals surface area contributed by atoms with E-state index in [1.165, 1.54) is 6.92 Å². The van der Waals surface area contributed by atoms with Gasteiger partial charge in [-0.1, -0.05) is 18.5 Å². The summed E-state index contributed by atoms with van der Waals surface area (Å²) in [4.78, 5) is 11.1. The molecule has 0 aliphatic heterocycles. The van der Waals surface area contributed by atoms with Crippen LogP contribution in [0.15, 0.2) is 36.1 Å². The number of carbonyl (C=O) groups is 1. The Hall–Kier alpha value is -0.480. The second-order valence-electron chi connectivity index (χ2n) is 2.75. The zero-order valence-corrected chi connectivity index (χ0v) is 11.3. The van der Waals surface area contributed by atoms with Gasteiger partial charge < -0.3 is 10.4 Å². The Morgan fingerprint density at radius 1 is 1.40 bits per heavy atom. The molecule has 0 spiro atoms. The van der Waals surface area contributed by atoms with Gasteiger partial charge in [-0.3, -0.25) is 4.79 Å². The third-order valence-corrected chi connectivity index (χ3v) is 1.70. The molecular formula is C10H9ClNNaO2. The van der Waals surface area contributed by atoms with Crippen LogP contribution in [0, 0.1) is 0 Å². The van der Waals surface area contributed by atoms with Crippen LogP contribution in [0.3, 0.4) is 0 Å². The van der Waals surface area contributed by atoms with Crippen molar-refractivity contribution in [1.82, 2.24) is 0 Å². The minimum Gasteiger partial charge on any atom is -0.875 e. The smallest absolute Gasteiger partial charge is 0.875 e. The van der Waals surface area contributed by atoms with Gasteiger partial charge >= 0.3 is 29.6 Å². The van der Waals surface area contributed by atoms with Crippen LogP contribution in [0.5, 0.6) is 0 Å². The molecule has 0 aromatic heterocycles. The van der Waals surface area contributed by atoms with E-state index in [4.69, 9.17) is 11.6 Å². The van der Waals surface area contributed by atoms with Gasteiger partial charge in [0, 0.05) is 10.7 Å². The number of hydrogen-bond acceptors (Lipinski definition) is 2. The van der Waals surface area contributed by atoms with Gasteiger partial charge in [0.2, 0.25) is 5.91 Å². The molecule has 1 aromatic carbocycles. The molecule has 0 bridgehead atoms. The molecule has 0 saturated heterocycles. The summed E-state index contributed by atoms with van der Waals surface area (Å²) in [7, 11) is 0. The Bertz CT molecular complexity index is 358. The van der Waals surface area contributed by atoms with E-state index >= 15 is 0 Å². The normalized spacial score (nSPS) is 10.4. The zero-order valence-electron chi connectivity index (χ0n) is 8.58. The van der Waals surface area contributed by atoms with Gasteiger partial charge in [-0.2, -0.15) is 0 Å². The van der Waals surface area contributed by atoms with E-state index in [-0.39, 0.29) is 35.3 Å². The molecule has 0 radical (unpaired) electrons. The maximum Gasteiger partial charge on any atom is 1.00 e. The standard InChI is InChI=1S/C10H10ClNO2.Na/c1-7(13)6-10(14)12-9-4-2-8(11)3-5-9;/h2-6,13H,1H3,(H,12,14);/q;+1/p-1/b7-6-;. The Kier molecular flexibility index (Phi) is 6.68. The number of halogens is 1. The number of allylic oxidation sites excluding steroid dienone is 1. The molecule has 3 nitrogen and oxygen atoms in total. The van der Waals surface area contributed by atoms with E-state index in [0.717, 1.165) is 6.08 Å². The zero-order chi connectivity index (χ0) is 10.6. The fourth-order valence-electron chi connectivity index (χ4n) is 0.896. The molecule has 1 rings (SSSR count). The largest absolute Gasteiger partial charge is 1.00 e. The SMILES string of the molecule is C/C([O-])=C/C(=O)Nc1ccc(Cl)cc1.[Na+]. The third kappa shape index (κ3) is 5.85. The predicted octanol–water partition coefficient (Wildman–Crippen LogP) is -1.45. The van der Waals surface area contributed by atoms with Gasteiger partial charge in [-0.05, 0) is 30.3 Å². The maximum absolute atomic E-state index is 11.1. The third-order valence-electron chi connectivity index (χ3n) is 1.45. The van der Waals surface area contributed by atoms with Crippen molar-refractivity contribution in [3.05, 3.63) is 41.1 Å². The quantitative estimate of drug-likeness (QED) is 0.386. The molecule has 0 fully saturated rings. The first-order valence-corrected chi connectivity index (χ1v) is 4.37. The molecule has 0 heterocycles.